The maximum atomic E-state index is 5.68. The molecule has 0 saturated carbocycles. The zero-order valence-corrected chi connectivity index (χ0v) is 16.8. The first-order valence-corrected chi connectivity index (χ1v) is 9.45. The van der Waals surface area contributed by atoms with Gasteiger partial charge in [-0.15, -0.1) is 0 Å². The van der Waals surface area contributed by atoms with Crippen molar-refractivity contribution in [3.8, 4) is 5.75 Å². The van der Waals surface area contributed by atoms with Crippen molar-refractivity contribution in [1.82, 2.24) is 20.8 Å². The van der Waals surface area contributed by atoms with Crippen LogP contribution in [-0.2, 0) is 17.8 Å². The Bertz CT molecular complexity index is 760. The van der Waals surface area contributed by atoms with Gasteiger partial charge in [-0.2, -0.15) is 4.98 Å². The minimum Gasteiger partial charge on any atom is -0.489 e. The molecule has 0 bridgehead atoms. The van der Waals surface area contributed by atoms with E-state index in [1.807, 2.05) is 45.0 Å². The van der Waals surface area contributed by atoms with Crippen molar-refractivity contribution in [2.24, 2.45) is 4.99 Å². The third-order valence-electron chi connectivity index (χ3n) is 3.75. The number of nitrogens with zero attached hydrogens (tertiary/aromatic N) is 3. The van der Waals surface area contributed by atoms with Gasteiger partial charge in [-0.3, -0.25) is 0 Å². The molecule has 1 aromatic heterocycles. The summed E-state index contributed by atoms with van der Waals surface area (Å²) < 4.78 is 16.4. The third kappa shape index (κ3) is 6.70. The van der Waals surface area contributed by atoms with Gasteiger partial charge in [-0.1, -0.05) is 36.0 Å². The molecule has 0 saturated heterocycles. The minimum absolute atomic E-state index is 0.198. The van der Waals surface area contributed by atoms with Crippen molar-refractivity contribution in [3.63, 3.8) is 0 Å². The average Bonchev–Trinajstić information content (AvgIpc) is 3.18. The highest BCUT2D eigenvalue weighted by Crippen LogP contribution is 2.19. The maximum Gasteiger partial charge on any atom is 0.246 e. The summed E-state index contributed by atoms with van der Waals surface area (Å²) in [5, 5.41) is 10.4. The lowest BCUT2D eigenvalue weighted by molar-refractivity contribution is 0.0683. The Hall–Kier alpha value is -2.87. The summed E-state index contributed by atoms with van der Waals surface area (Å²) in [5.41, 5.74) is 0.993. The first-order chi connectivity index (χ1) is 13.7. The van der Waals surface area contributed by atoms with Crippen molar-refractivity contribution in [2.75, 3.05) is 19.8 Å². The lowest BCUT2D eigenvalue weighted by Gasteiger charge is -2.11. The van der Waals surface area contributed by atoms with Crippen molar-refractivity contribution < 1.29 is 14.0 Å². The molecule has 0 aliphatic rings. The number of hydrogen-bond donors (Lipinski definition) is 2. The molecule has 0 fully saturated rings. The van der Waals surface area contributed by atoms with Crippen molar-refractivity contribution in [1.29, 1.82) is 0 Å². The van der Waals surface area contributed by atoms with Gasteiger partial charge in [0.1, 0.15) is 18.5 Å². The minimum atomic E-state index is -0.198. The number of ether oxygens (including phenoxy) is 2. The lowest BCUT2D eigenvalue weighted by Crippen LogP contribution is -2.36. The zero-order chi connectivity index (χ0) is 20.2. The Morgan fingerprint density at radius 3 is 2.89 bits per heavy atom. The molecular formula is C20H29N5O3. The average molecular weight is 387 g/mol. The molecule has 0 aliphatic heterocycles. The lowest BCUT2D eigenvalue weighted by atomic mass is 10.2. The third-order valence-corrected chi connectivity index (χ3v) is 3.75. The van der Waals surface area contributed by atoms with Crippen molar-refractivity contribution >= 4 is 5.96 Å². The fourth-order valence-electron chi connectivity index (χ4n) is 2.42. The fourth-order valence-corrected chi connectivity index (χ4v) is 2.42. The quantitative estimate of drug-likeness (QED) is 0.348. The number of benzene rings is 1. The Kier molecular flexibility index (Phi) is 9.00. The molecule has 2 rings (SSSR count). The molecule has 0 aliphatic carbocycles. The normalized spacial score (nSPS) is 12.5. The molecule has 1 heterocycles. The summed E-state index contributed by atoms with van der Waals surface area (Å²) in [6.45, 7) is 12.1. The van der Waals surface area contributed by atoms with E-state index in [0.717, 1.165) is 17.9 Å². The van der Waals surface area contributed by atoms with Gasteiger partial charge in [0.25, 0.3) is 0 Å². The predicted molar refractivity (Wildman–Crippen MR) is 108 cm³/mol. The summed E-state index contributed by atoms with van der Waals surface area (Å²) in [6.07, 6.45) is 1.52. The molecule has 2 aromatic rings. The Labute approximate surface area is 166 Å². The smallest absolute Gasteiger partial charge is 0.246 e. The van der Waals surface area contributed by atoms with E-state index in [0.29, 0.717) is 44.0 Å². The van der Waals surface area contributed by atoms with E-state index in [2.05, 4.69) is 32.3 Å². The van der Waals surface area contributed by atoms with Crippen LogP contribution >= 0.6 is 0 Å². The number of guanidine groups is 1. The molecule has 0 amide bonds. The maximum absolute atomic E-state index is 5.68. The second-order valence-corrected chi connectivity index (χ2v) is 5.90. The van der Waals surface area contributed by atoms with Crippen LogP contribution in [0.1, 0.15) is 44.2 Å². The molecule has 8 nitrogen and oxygen atoms in total. The van der Waals surface area contributed by atoms with E-state index < -0.39 is 0 Å². The number of aromatic nitrogens is 2. The summed E-state index contributed by atoms with van der Waals surface area (Å²) in [6, 6.07) is 7.82. The van der Waals surface area contributed by atoms with E-state index in [1.54, 1.807) is 6.08 Å². The van der Waals surface area contributed by atoms with Gasteiger partial charge < -0.3 is 24.6 Å². The first kappa shape index (κ1) is 21.4. The van der Waals surface area contributed by atoms with Crippen molar-refractivity contribution in [2.45, 2.75) is 40.0 Å². The number of rotatable bonds is 11. The van der Waals surface area contributed by atoms with Crippen LogP contribution in [0.4, 0.5) is 0 Å². The molecule has 1 atom stereocenters. The highest BCUT2D eigenvalue weighted by molar-refractivity contribution is 5.79. The SMILES string of the molecule is C=CCOc1ccccc1CN=C(NCC)NCc1nc(C(C)OCC)no1. The van der Waals surface area contributed by atoms with Gasteiger partial charge in [0.05, 0.1) is 13.1 Å². The predicted octanol–water partition coefficient (Wildman–Crippen LogP) is 2.99. The number of hydrogen-bond acceptors (Lipinski definition) is 6. The molecule has 28 heavy (non-hydrogen) atoms. The van der Waals surface area contributed by atoms with Crippen LogP contribution in [0.3, 0.4) is 0 Å². The highest BCUT2D eigenvalue weighted by Gasteiger charge is 2.14. The second-order valence-electron chi connectivity index (χ2n) is 5.90. The van der Waals surface area contributed by atoms with Crippen LogP contribution < -0.4 is 15.4 Å². The van der Waals surface area contributed by atoms with E-state index in [1.165, 1.54) is 0 Å². The highest BCUT2D eigenvalue weighted by atomic mass is 16.5. The van der Waals surface area contributed by atoms with Crippen molar-refractivity contribution in [3.05, 3.63) is 54.2 Å². The molecule has 0 radical (unpaired) electrons. The van der Waals surface area contributed by atoms with Crippen LogP contribution in [0.5, 0.6) is 5.75 Å². The van der Waals surface area contributed by atoms with Crippen LogP contribution in [0, 0.1) is 0 Å². The van der Waals surface area contributed by atoms with Gasteiger partial charge in [0.15, 0.2) is 11.8 Å². The molecule has 1 aromatic carbocycles. The molecule has 0 spiro atoms. The fraction of sp³-hybridized carbons (Fsp3) is 0.450. The van der Waals surface area contributed by atoms with Crippen LogP contribution in [0.25, 0.3) is 0 Å². The van der Waals surface area contributed by atoms with Gasteiger partial charge in [0, 0.05) is 18.7 Å². The summed E-state index contributed by atoms with van der Waals surface area (Å²) >= 11 is 0. The molecule has 8 heteroatoms. The second kappa shape index (κ2) is 11.8. The molecule has 2 N–H and O–H groups in total. The number of aliphatic imine (C=N–C) groups is 1. The van der Waals surface area contributed by atoms with Crippen LogP contribution in [0.2, 0.25) is 0 Å². The summed E-state index contributed by atoms with van der Waals surface area (Å²) in [5.74, 6) is 2.46. The topological polar surface area (TPSA) is 93.8 Å². The Balaban J connectivity index is 1.98. The molecule has 1 unspecified atom stereocenters. The monoisotopic (exact) mass is 387 g/mol. The van der Waals surface area contributed by atoms with Gasteiger partial charge >= 0.3 is 0 Å². The van der Waals surface area contributed by atoms with E-state index in [4.69, 9.17) is 14.0 Å². The number of nitrogens with one attached hydrogen (secondary N) is 2. The Morgan fingerprint density at radius 2 is 2.14 bits per heavy atom. The van der Waals surface area contributed by atoms with E-state index in [-0.39, 0.29) is 6.10 Å². The van der Waals surface area contributed by atoms with Gasteiger partial charge in [-0.25, -0.2) is 4.99 Å². The summed E-state index contributed by atoms with van der Waals surface area (Å²) in [7, 11) is 0. The Morgan fingerprint density at radius 1 is 1.32 bits per heavy atom. The van der Waals surface area contributed by atoms with Crippen LogP contribution in [-0.4, -0.2) is 35.9 Å². The number of para-hydroxylation sites is 1. The molecular weight excluding hydrogens is 358 g/mol. The zero-order valence-electron chi connectivity index (χ0n) is 16.8. The largest absolute Gasteiger partial charge is 0.489 e. The van der Waals surface area contributed by atoms with Gasteiger partial charge in [-0.05, 0) is 26.8 Å². The van der Waals surface area contributed by atoms with Gasteiger partial charge in [0.2, 0.25) is 5.89 Å². The molecule has 152 valence electrons. The standard InChI is InChI=1S/C20H29N5O3/c1-5-12-27-17-11-9-8-10-16(17)13-22-20(21-6-2)23-14-18-24-19(25-28-18)15(4)26-7-3/h5,8-11,15H,1,6-7,12-14H2,2-4H3,(H2,21,22,23). The summed E-state index contributed by atoms with van der Waals surface area (Å²) in [4.78, 5) is 8.96. The van der Waals surface area contributed by atoms with Crippen LogP contribution in [0.15, 0.2) is 46.4 Å². The first-order valence-electron chi connectivity index (χ1n) is 9.45. The van der Waals surface area contributed by atoms with E-state index >= 15 is 0 Å². The van der Waals surface area contributed by atoms with E-state index in [9.17, 15) is 0 Å².